The number of nitrogens with one attached hydrogen (secondary N) is 2. The van der Waals surface area contributed by atoms with Gasteiger partial charge in [0.1, 0.15) is 0 Å². The van der Waals surface area contributed by atoms with Crippen molar-refractivity contribution in [3.63, 3.8) is 0 Å². The van der Waals surface area contributed by atoms with Crippen LogP contribution in [0.4, 0.5) is 5.82 Å². The van der Waals surface area contributed by atoms with Crippen LogP contribution in [0.2, 0.25) is 0 Å². The number of amides is 1. The Morgan fingerprint density at radius 3 is 3.00 bits per heavy atom. The summed E-state index contributed by atoms with van der Waals surface area (Å²) in [5, 5.41) is 18.9. The van der Waals surface area contributed by atoms with E-state index in [1.165, 1.54) is 0 Å². The molecule has 1 unspecified atom stereocenters. The van der Waals surface area contributed by atoms with Gasteiger partial charge in [-0.2, -0.15) is 5.10 Å². The number of fused-ring (bicyclic) bond motifs is 2. The molecule has 1 aliphatic heterocycles. The maximum atomic E-state index is 11.8. The van der Waals surface area contributed by atoms with Crippen molar-refractivity contribution in [2.45, 2.75) is 38.0 Å². The van der Waals surface area contributed by atoms with Crippen LogP contribution in [-0.4, -0.2) is 27.2 Å². The van der Waals surface area contributed by atoms with Crippen LogP contribution >= 0.6 is 0 Å². The molecule has 1 saturated carbocycles. The molecule has 0 radical (unpaired) electrons. The Bertz CT molecular complexity index is 537. The Labute approximate surface area is 104 Å². The number of hydrogen-bond donors (Lipinski definition) is 3. The molecule has 1 aromatic rings. The van der Waals surface area contributed by atoms with Gasteiger partial charge in [0.2, 0.25) is 5.91 Å². The Morgan fingerprint density at radius 2 is 2.33 bits per heavy atom. The van der Waals surface area contributed by atoms with Crippen molar-refractivity contribution in [2.75, 3.05) is 5.32 Å². The Kier molecular flexibility index (Phi) is 2.23. The van der Waals surface area contributed by atoms with E-state index in [0.717, 1.165) is 17.7 Å². The third kappa shape index (κ3) is 1.45. The Balaban J connectivity index is 2.05. The molecule has 0 saturated heterocycles. The molecule has 2 aliphatic rings. The minimum atomic E-state index is -0.763. The summed E-state index contributed by atoms with van der Waals surface area (Å²) in [4.78, 5) is 22.9. The number of nitrogens with zero attached hydrogens (tertiary/aromatic N) is 1. The third-order valence-electron chi connectivity index (χ3n) is 4.19. The molecule has 2 heterocycles. The highest BCUT2D eigenvalue weighted by molar-refractivity contribution is 5.95. The smallest absolute Gasteiger partial charge is 0.306 e. The number of aryl methyl sites for hydroxylation is 1. The zero-order chi connectivity index (χ0) is 12.9. The van der Waals surface area contributed by atoms with Crippen molar-refractivity contribution in [1.82, 2.24) is 10.2 Å². The van der Waals surface area contributed by atoms with E-state index >= 15 is 0 Å². The fraction of sp³-hybridized carbons (Fsp3) is 0.583. The first kappa shape index (κ1) is 11.3. The van der Waals surface area contributed by atoms with Crippen molar-refractivity contribution < 1.29 is 14.7 Å². The first-order chi connectivity index (χ1) is 8.52. The number of aliphatic carboxylic acids is 1. The van der Waals surface area contributed by atoms with Gasteiger partial charge in [0.05, 0.1) is 5.92 Å². The number of aromatic amines is 1. The summed E-state index contributed by atoms with van der Waals surface area (Å²) in [5.41, 5.74) is 1.60. The second kappa shape index (κ2) is 3.57. The van der Waals surface area contributed by atoms with Crippen molar-refractivity contribution in [3.05, 3.63) is 11.3 Å². The summed E-state index contributed by atoms with van der Waals surface area (Å²) >= 11 is 0. The molecule has 3 rings (SSSR count). The summed E-state index contributed by atoms with van der Waals surface area (Å²) in [7, 11) is 0. The lowest BCUT2D eigenvalue weighted by Crippen LogP contribution is -2.36. The number of aromatic nitrogens is 2. The quantitative estimate of drug-likeness (QED) is 0.696. The van der Waals surface area contributed by atoms with Gasteiger partial charge in [-0.15, -0.1) is 0 Å². The van der Waals surface area contributed by atoms with Crippen LogP contribution in [0.5, 0.6) is 0 Å². The van der Waals surface area contributed by atoms with E-state index in [9.17, 15) is 9.59 Å². The number of carbonyl (C=O) groups excluding carboxylic acids is 1. The van der Waals surface area contributed by atoms with Gasteiger partial charge < -0.3 is 10.4 Å². The molecule has 6 heteroatoms. The molecule has 18 heavy (non-hydrogen) atoms. The van der Waals surface area contributed by atoms with Gasteiger partial charge in [0.25, 0.3) is 0 Å². The zero-order valence-corrected chi connectivity index (χ0v) is 10.1. The highest BCUT2D eigenvalue weighted by Gasteiger charge is 2.49. The molecule has 6 nitrogen and oxygen atoms in total. The normalized spacial score (nSPS) is 30.3. The molecule has 0 aromatic carbocycles. The Hall–Kier alpha value is -1.85. The van der Waals surface area contributed by atoms with Crippen LogP contribution in [0.25, 0.3) is 0 Å². The first-order valence-electron chi connectivity index (χ1n) is 6.10. The van der Waals surface area contributed by atoms with Crippen molar-refractivity contribution in [3.8, 4) is 0 Å². The lowest BCUT2D eigenvalue weighted by Gasteiger charge is -2.33. The molecular formula is C12H15N3O3. The minimum Gasteiger partial charge on any atom is -0.481 e. The minimum absolute atomic E-state index is 0.0694. The van der Waals surface area contributed by atoms with Crippen LogP contribution in [0.3, 0.4) is 0 Å². The van der Waals surface area contributed by atoms with Gasteiger partial charge >= 0.3 is 5.97 Å². The van der Waals surface area contributed by atoms with E-state index in [0.29, 0.717) is 25.1 Å². The largest absolute Gasteiger partial charge is 0.481 e. The second-order valence-corrected chi connectivity index (χ2v) is 5.36. The molecule has 3 N–H and O–H groups in total. The molecule has 1 aromatic heterocycles. The molecule has 2 atom stereocenters. The van der Waals surface area contributed by atoms with Crippen LogP contribution < -0.4 is 5.32 Å². The standard InChI is InChI=1S/C12H15N3O3/c1-6-9-10(15-14-6)13-8(16)5-12(9)3-2-7(4-12)11(17)18/h7H,2-5H2,1H3,(H,17,18)(H2,13,14,15,16)/t7-,12?/m1/s1. The van der Waals surface area contributed by atoms with Crippen molar-refractivity contribution in [1.29, 1.82) is 0 Å². The SMILES string of the molecule is Cc1[nH]nc2c1C1(CC[C@@H](C(=O)O)C1)CC(=O)N2. The van der Waals surface area contributed by atoms with E-state index in [1.54, 1.807) is 0 Å². The van der Waals surface area contributed by atoms with Gasteiger partial charge in [0.15, 0.2) is 5.82 Å². The van der Waals surface area contributed by atoms with Gasteiger partial charge in [-0.25, -0.2) is 0 Å². The predicted octanol–water partition coefficient (Wildman–Crippen LogP) is 1.18. The van der Waals surface area contributed by atoms with E-state index in [-0.39, 0.29) is 17.2 Å². The molecule has 96 valence electrons. The maximum absolute atomic E-state index is 11.8. The number of carbonyl (C=O) groups is 2. The van der Waals surface area contributed by atoms with Gasteiger partial charge in [0, 0.05) is 23.1 Å². The highest BCUT2D eigenvalue weighted by Crippen LogP contribution is 2.51. The lowest BCUT2D eigenvalue weighted by atomic mass is 9.73. The monoisotopic (exact) mass is 249 g/mol. The number of anilines is 1. The number of carboxylic acids is 1. The molecule has 1 amide bonds. The van der Waals surface area contributed by atoms with E-state index in [4.69, 9.17) is 5.11 Å². The maximum Gasteiger partial charge on any atom is 0.306 e. The van der Waals surface area contributed by atoms with Crippen LogP contribution in [0, 0.1) is 12.8 Å². The summed E-state index contributed by atoms with van der Waals surface area (Å²) in [6.07, 6.45) is 2.27. The van der Waals surface area contributed by atoms with E-state index in [2.05, 4.69) is 15.5 Å². The van der Waals surface area contributed by atoms with Crippen LogP contribution in [0.1, 0.15) is 36.9 Å². The fourth-order valence-electron chi connectivity index (χ4n) is 3.47. The van der Waals surface area contributed by atoms with Crippen molar-refractivity contribution >= 4 is 17.7 Å². The highest BCUT2D eigenvalue weighted by atomic mass is 16.4. The summed E-state index contributed by atoms with van der Waals surface area (Å²) in [6, 6.07) is 0. The molecule has 1 fully saturated rings. The summed E-state index contributed by atoms with van der Waals surface area (Å²) in [6.45, 7) is 1.92. The topological polar surface area (TPSA) is 95.1 Å². The number of carboxylic acid groups (broad SMARTS) is 1. The Morgan fingerprint density at radius 1 is 1.56 bits per heavy atom. The summed E-state index contributed by atoms with van der Waals surface area (Å²) < 4.78 is 0. The molecule has 1 spiro atoms. The van der Waals surface area contributed by atoms with E-state index in [1.807, 2.05) is 6.92 Å². The number of rotatable bonds is 1. The molecule has 1 aliphatic carbocycles. The number of H-pyrrole nitrogens is 1. The fourth-order valence-corrected chi connectivity index (χ4v) is 3.47. The predicted molar refractivity (Wildman–Crippen MR) is 63.2 cm³/mol. The lowest BCUT2D eigenvalue weighted by molar-refractivity contribution is -0.141. The third-order valence-corrected chi connectivity index (χ3v) is 4.19. The van der Waals surface area contributed by atoms with Gasteiger partial charge in [-0.3, -0.25) is 14.7 Å². The van der Waals surface area contributed by atoms with Crippen LogP contribution in [-0.2, 0) is 15.0 Å². The molecular weight excluding hydrogens is 234 g/mol. The van der Waals surface area contributed by atoms with Crippen molar-refractivity contribution in [2.24, 2.45) is 5.92 Å². The van der Waals surface area contributed by atoms with Crippen LogP contribution in [0.15, 0.2) is 0 Å². The number of hydrogen-bond acceptors (Lipinski definition) is 3. The molecule has 0 bridgehead atoms. The second-order valence-electron chi connectivity index (χ2n) is 5.36. The van der Waals surface area contributed by atoms with Gasteiger partial charge in [-0.1, -0.05) is 0 Å². The first-order valence-corrected chi connectivity index (χ1v) is 6.10. The van der Waals surface area contributed by atoms with E-state index < -0.39 is 5.97 Å². The summed E-state index contributed by atoms with van der Waals surface area (Å²) in [5.74, 6) is -0.603. The zero-order valence-electron chi connectivity index (χ0n) is 10.1. The average molecular weight is 249 g/mol. The van der Waals surface area contributed by atoms with Gasteiger partial charge in [-0.05, 0) is 26.2 Å². The average Bonchev–Trinajstić information content (AvgIpc) is 2.84.